The van der Waals surface area contributed by atoms with Crippen molar-refractivity contribution >= 4 is 28.9 Å². The van der Waals surface area contributed by atoms with Gasteiger partial charge < -0.3 is 5.11 Å². The molecule has 0 saturated heterocycles. The van der Waals surface area contributed by atoms with Gasteiger partial charge in [-0.15, -0.1) is 11.3 Å². The lowest BCUT2D eigenvalue weighted by Crippen LogP contribution is -2.17. The molecule has 4 nitrogen and oxygen atoms in total. The summed E-state index contributed by atoms with van der Waals surface area (Å²) in [6.07, 6.45) is 4.10. The Morgan fingerprint density at radius 3 is 3.11 bits per heavy atom. The van der Waals surface area contributed by atoms with Crippen LogP contribution in [-0.4, -0.2) is 21.0 Å². The lowest BCUT2D eigenvalue weighted by atomic mass is 9.91. The number of carboxylic acids is 1. The number of carboxylic acid groups (broad SMARTS) is 1. The van der Waals surface area contributed by atoms with Gasteiger partial charge in [0.25, 0.3) is 0 Å². The Hall–Kier alpha value is -1.46. The van der Waals surface area contributed by atoms with Crippen molar-refractivity contribution in [2.75, 3.05) is 0 Å². The zero-order valence-corrected chi connectivity index (χ0v) is 11.5. The highest BCUT2D eigenvalue weighted by molar-refractivity contribution is 7.15. The molecule has 98 valence electrons. The number of thiazole rings is 1. The Balaban J connectivity index is 2.07. The van der Waals surface area contributed by atoms with E-state index >= 15 is 0 Å². The molecule has 2 aromatic rings. The topological polar surface area (TPSA) is 63.1 Å². The maximum Gasteiger partial charge on any atom is 0.312 e. The molecular formula is C13H11ClN2O2S. The predicted molar refractivity (Wildman–Crippen MR) is 73.7 cm³/mol. The van der Waals surface area contributed by atoms with Gasteiger partial charge >= 0.3 is 5.97 Å². The van der Waals surface area contributed by atoms with E-state index in [1.807, 2.05) is 0 Å². The van der Waals surface area contributed by atoms with E-state index in [1.165, 1.54) is 11.3 Å². The van der Waals surface area contributed by atoms with Crippen LogP contribution in [0.5, 0.6) is 0 Å². The summed E-state index contributed by atoms with van der Waals surface area (Å²) in [5.74, 6) is -1.29. The maximum atomic E-state index is 11.3. The van der Waals surface area contributed by atoms with Crippen molar-refractivity contribution in [3.8, 4) is 10.7 Å². The monoisotopic (exact) mass is 294 g/mol. The van der Waals surface area contributed by atoms with E-state index in [-0.39, 0.29) is 0 Å². The van der Waals surface area contributed by atoms with Crippen LogP contribution in [-0.2, 0) is 11.2 Å². The van der Waals surface area contributed by atoms with Crippen molar-refractivity contribution in [3.05, 3.63) is 33.9 Å². The van der Waals surface area contributed by atoms with E-state index in [1.54, 1.807) is 18.3 Å². The van der Waals surface area contributed by atoms with Gasteiger partial charge in [-0.2, -0.15) is 0 Å². The van der Waals surface area contributed by atoms with Crippen molar-refractivity contribution in [3.63, 3.8) is 0 Å². The number of hydrogen-bond donors (Lipinski definition) is 1. The van der Waals surface area contributed by atoms with E-state index in [2.05, 4.69) is 9.97 Å². The first-order chi connectivity index (χ1) is 9.16. The number of fused-ring (bicyclic) bond motifs is 1. The third kappa shape index (κ3) is 2.24. The van der Waals surface area contributed by atoms with Crippen LogP contribution >= 0.6 is 22.9 Å². The minimum absolute atomic E-state index is 0.490. The summed E-state index contributed by atoms with van der Waals surface area (Å²) in [7, 11) is 0. The van der Waals surface area contributed by atoms with Crippen molar-refractivity contribution < 1.29 is 9.90 Å². The van der Waals surface area contributed by atoms with Gasteiger partial charge in [-0.25, -0.2) is 4.98 Å². The van der Waals surface area contributed by atoms with Crippen LogP contribution in [0.15, 0.2) is 18.3 Å². The summed E-state index contributed by atoms with van der Waals surface area (Å²) in [5, 5.41) is 10.5. The number of hydrogen-bond acceptors (Lipinski definition) is 4. The highest BCUT2D eigenvalue weighted by Crippen LogP contribution is 2.39. The molecule has 0 spiro atoms. The fourth-order valence-electron chi connectivity index (χ4n) is 2.30. The Morgan fingerprint density at radius 2 is 2.37 bits per heavy atom. The number of nitrogens with zero attached hydrogens (tertiary/aromatic N) is 2. The van der Waals surface area contributed by atoms with Gasteiger partial charge in [-0.1, -0.05) is 11.6 Å². The molecule has 0 saturated carbocycles. The molecule has 0 amide bonds. The molecule has 1 unspecified atom stereocenters. The third-order valence-corrected chi connectivity index (χ3v) is 4.66. The molecule has 1 aliphatic carbocycles. The SMILES string of the molecule is O=C(O)C1CCCc2sc(-c3ncccc3Cl)nc21. The zero-order chi connectivity index (χ0) is 13.4. The Labute approximate surface area is 119 Å². The van der Waals surface area contributed by atoms with Gasteiger partial charge in [-0.05, 0) is 31.4 Å². The zero-order valence-electron chi connectivity index (χ0n) is 9.97. The largest absolute Gasteiger partial charge is 0.481 e. The summed E-state index contributed by atoms with van der Waals surface area (Å²) >= 11 is 7.61. The number of aryl methyl sites for hydroxylation is 1. The maximum absolute atomic E-state index is 11.3. The summed E-state index contributed by atoms with van der Waals surface area (Å²) in [5.41, 5.74) is 1.33. The smallest absolute Gasteiger partial charge is 0.312 e. The van der Waals surface area contributed by atoms with Crippen LogP contribution in [0.3, 0.4) is 0 Å². The van der Waals surface area contributed by atoms with Gasteiger partial charge in [0.05, 0.1) is 10.7 Å². The van der Waals surface area contributed by atoms with Gasteiger partial charge in [0.2, 0.25) is 0 Å². The summed E-state index contributed by atoms with van der Waals surface area (Å²) in [6.45, 7) is 0. The lowest BCUT2D eigenvalue weighted by Gasteiger charge is -2.16. The van der Waals surface area contributed by atoms with E-state index < -0.39 is 11.9 Å². The van der Waals surface area contributed by atoms with Gasteiger partial charge in [-0.3, -0.25) is 9.78 Å². The standard InChI is InChI=1S/C13H11ClN2O2S/c14-8-4-2-6-15-11(8)12-16-10-7(13(17)18)3-1-5-9(10)19-12/h2,4,6-7H,1,3,5H2,(H,17,18). The first-order valence-electron chi connectivity index (χ1n) is 6.00. The molecule has 2 aromatic heterocycles. The number of aliphatic carboxylic acids is 1. The number of carbonyl (C=O) groups is 1. The Morgan fingerprint density at radius 1 is 1.53 bits per heavy atom. The summed E-state index contributed by atoms with van der Waals surface area (Å²) in [6, 6.07) is 3.53. The molecule has 6 heteroatoms. The van der Waals surface area contributed by atoms with Crippen LogP contribution in [0.1, 0.15) is 29.3 Å². The predicted octanol–water partition coefficient (Wildman–Crippen LogP) is 3.36. The van der Waals surface area contributed by atoms with Gasteiger partial charge in [0.1, 0.15) is 16.6 Å². The van der Waals surface area contributed by atoms with Crippen molar-refractivity contribution in [2.24, 2.45) is 0 Å². The second-order valence-electron chi connectivity index (χ2n) is 4.44. The quantitative estimate of drug-likeness (QED) is 0.922. The molecule has 1 atom stereocenters. The molecule has 0 aliphatic heterocycles. The third-order valence-electron chi connectivity index (χ3n) is 3.21. The van der Waals surface area contributed by atoms with Crippen molar-refractivity contribution in [2.45, 2.75) is 25.2 Å². The fraction of sp³-hybridized carbons (Fsp3) is 0.308. The number of aromatic nitrogens is 2. The number of pyridine rings is 1. The van der Waals surface area contributed by atoms with Crippen LogP contribution in [0.25, 0.3) is 10.7 Å². The lowest BCUT2D eigenvalue weighted by molar-refractivity contribution is -0.139. The van der Waals surface area contributed by atoms with E-state index in [4.69, 9.17) is 11.6 Å². The molecule has 0 fully saturated rings. The first kappa shape index (κ1) is 12.6. The molecule has 0 aromatic carbocycles. The molecule has 1 aliphatic rings. The van der Waals surface area contributed by atoms with E-state index in [9.17, 15) is 9.90 Å². The highest BCUT2D eigenvalue weighted by atomic mass is 35.5. The average molecular weight is 295 g/mol. The Bertz CT molecular complexity index is 641. The molecule has 0 bridgehead atoms. The first-order valence-corrected chi connectivity index (χ1v) is 7.19. The molecule has 19 heavy (non-hydrogen) atoms. The van der Waals surface area contributed by atoms with E-state index in [0.717, 1.165) is 17.7 Å². The molecule has 3 rings (SSSR count). The molecule has 1 N–H and O–H groups in total. The highest BCUT2D eigenvalue weighted by Gasteiger charge is 2.30. The van der Waals surface area contributed by atoms with Crippen LogP contribution in [0.4, 0.5) is 0 Å². The Kier molecular flexibility index (Phi) is 3.24. The summed E-state index contributed by atoms with van der Waals surface area (Å²) in [4.78, 5) is 21.0. The minimum Gasteiger partial charge on any atom is -0.481 e. The van der Waals surface area contributed by atoms with E-state index in [0.29, 0.717) is 27.8 Å². The molecular weight excluding hydrogens is 284 g/mol. The van der Waals surface area contributed by atoms with Gasteiger partial charge in [0.15, 0.2) is 0 Å². The van der Waals surface area contributed by atoms with Crippen LogP contribution in [0, 0.1) is 0 Å². The summed E-state index contributed by atoms with van der Waals surface area (Å²) < 4.78 is 0. The van der Waals surface area contributed by atoms with Crippen molar-refractivity contribution in [1.29, 1.82) is 0 Å². The van der Waals surface area contributed by atoms with Crippen LogP contribution < -0.4 is 0 Å². The number of rotatable bonds is 2. The normalized spacial score (nSPS) is 18.1. The molecule has 0 radical (unpaired) electrons. The van der Waals surface area contributed by atoms with Crippen molar-refractivity contribution in [1.82, 2.24) is 9.97 Å². The second kappa shape index (κ2) is 4.90. The minimum atomic E-state index is -0.801. The van der Waals surface area contributed by atoms with Gasteiger partial charge in [0, 0.05) is 11.1 Å². The average Bonchev–Trinajstić information content (AvgIpc) is 2.82. The number of halogens is 1. The fourth-order valence-corrected chi connectivity index (χ4v) is 3.75. The second-order valence-corrected chi connectivity index (χ2v) is 5.94. The van der Waals surface area contributed by atoms with Crippen LogP contribution in [0.2, 0.25) is 5.02 Å². The molecule has 2 heterocycles.